The number of rotatable bonds is 9. The van der Waals surface area contributed by atoms with Gasteiger partial charge in [-0.15, -0.1) is 0 Å². The topological polar surface area (TPSA) is 52.4 Å². The summed E-state index contributed by atoms with van der Waals surface area (Å²) in [4.78, 5) is 10.2. The first-order chi connectivity index (χ1) is 12.7. The predicted octanol–water partition coefficient (Wildman–Crippen LogP) is 6.06. The number of nitrogens with zero attached hydrogens (tertiary/aromatic N) is 1. The van der Waals surface area contributed by atoms with Crippen molar-refractivity contribution in [1.29, 1.82) is 0 Å². The highest BCUT2D eigenvalue weighted by molar-refractivity contribution is 5.55. The molecule has 0 aliphatic heterocycles. The van der Waals surface area contributed by atoms with E-state index in [9.17, 15) is 10.1 Å². The molecule has 0 saturated carbocycles. The number of non-ortho nitro benzene ring substituents is 1. The monoisotopic (exact) mass is 349 g/mol. The molecule has 26 heavy (non-hydrogen) atoms. The van der Waals surface area contributed by atoms with Crippen LogP contribution in [0.5, 0.6) is 5.75 Å². The van der Waals surface area contributed by atoms with Crippen LogP contribution >= 0.6 is 0 Å². The van der Waals surface area contributed by atoms with Crippen LogP contribution in [-0.4, -0.2) is 11.5 Å². The normalized spacial score (nSPS) is 11.6. The first-order valence-electron chi connectivity index (χ1n) is 8.68. The Kier molecular flexibility index (Phi) is 7.87. The zero-order chi connectivity index (χ0) is 18.6. The summed E-state index contributed by atoms with van der Waals surface area (Å²) in [5.41, 5.74) is 2.13. The highest BCUT2D eigenvalue weighted by Gasteiger charge is 2.01. The summed E-state index contributed by atoms with van der Waals surface area (Å²) in [5.74, 6) is 0.900. The van der Waals surface area contributed by atoms with Gasteiger partial charge in [0.1, 0.15) is 5.75 Å². The van der Waals surface area contributed by atoms with Crippen molar-refractivity contribution in [2.75, 3.05) is 6.61 Å². The van der Waals surface area contributed by atoms with Crippen LogP contribution in [0, 0.1) is 10.1 Å². The first-order valence-corrected chi connectivity index (χ1v) is 8.68. The third-order valence-corrected chi connectivity index (χ3v) is 3.66. The van der Waals surface area contributed by atoms with Crippen LogP contribution in [0.4, 0.5) is 5.69 Å². The molecule has 2 aromatic carbocycles. The number of allylic oxidation sites excluding steroid dienone is 4. The molecular weight excluding hydrogens is 326 g/mol. The van der Waals surface area contributed by atoms with Gasteiger partial charge in [0.25, 0.3) is 5.69 Å². The Bertz CT molecular complexity index is 772. The second kappa shape index (κ2) is 10.7. The van der Waals surface area contributed by atoms with Gasteiger partial charge in [-0.2, -0.15) is 0 Å². The van der Waals surface area contributed by atoms with Crippen molar-refractivity contribution < 1.29 is 9.66 Å². The van der Waals surface area contributed by atoms with E-state index < -0.39 is 4.92 Å². The smallest absolute Gasteiger partial charge is 0.269 e. The number of hydrogen-bond donors (Lipinski definition) is 0. The Hall–Kier alpha value is -3.14. The maximum absolute atomic E-state index is 10.6. The first kappa shape index (κ1) is 19.2. The fraction of sp³-hybridized carbons (Fsp3) is 0.182. The lowest BCUT2D eigenvalue weighted by Crippen LogP contribution is -1.95. The standard InChI is InChI=1S/C22H23NO3/c1-2-3-18-26-22-16-12-20(13-17-22)9-7-5-4-6-8-19-10-14-21(15-11-19)23(24)25/h4-17H,2-3,18H2,1H3. The molecule has 0 saturated heterocycles. The maximum Gasteiger partial charge on any atom is 0.269 e. The molecule has 0 heterocycles. The summed E-state index contributed by atoms with van der Waals surface area (Å²) in [7, 11) is 0. The number of unbranched alkanes of at least 4 members (excludes halogenated alkanes) is 1. The fourth-order valence-electron chi connectivity index (χ4n) is 2.18. The summed E-state index contributed by atoms with van der Waals surface area (Å²) >= 11 is 0. The van der Waals surface area contributed by atoms with E-state index in [1.54, 1.807) is 12.1 Å². The molecule has 0 unspecified atom stereocenters. The van der Waals surface area contributed by atoms with E-state index in [2.05, 4.69) is 6.92 Å². The van der Waals surface area contributed by atoms with E-state index in [-0.39, 0.29) is 5.69 Å². The molecule has 0 aromatic heterocycles. The van der Waals surface area contributed by atoms with E-state index in [4.69, 9.17) is 4.74 Å². The van der Waals surface area contributed by atoms with E-state index in [0.29, 0.717) is 0 Å². The van der Waals surface area contributed by atoms with Crippen molar-refractivity contribution in [3.63, 3.8) is 0 Å². The predicted molar refractivity (Wildman–Crippen MR) is 107 cm³/mol. The molecule has 2 aromatic rings. The maximum atomic E-state index is 10.6. The Morgan fingerprint density at radius 1 is 0.885 bits per heavy atom. The molecule has 134 valence electrons. The third-order valence-electron chi connectivity index (χ3n) is 3.66. The lowest BCUT2D eigenvalue weighted by Gasteiger charge is -2.04. The molecule has 0 aliphatic rings. The summed E-state index contributed by atoms with van der Waals surface area (Å²) < 4.78 is 5.64. The summed E-state index contributed by atoms with van der Waals surface area (Å²) in [6, 6.07) is 14.5. The van der Waals surface area contributed by atoms with Gasteiger partial charge in [-0.25, -0.2) is 0 Å². The number of hydrogen-bond acceptors (Lipinski definition) is 3. The van der Waals surface area contributed by atoms with Crippen LogP contribution in [0.2, 0.25) is 0 Å². The van der Waals surface area contributed by atoms with E-state index in [1.165, 1.54) is 12.1 Å². The van der Waals surface area contributed by atoms with Gasteiger partial charge < -0.3 is 4.74 Å². The highest BCUT2D eigenvalue weighted by atomic mass is 16.6. The molecule has 4 heteroatoms. The second-order valence-corrected chi connectivity index (χ2v) is 5.72. The van der Waals surface area contributed by atoms with Crippen LogP contribution in [0.3, 0.4) is 0 Å². The summed E-state index contributed by atoms with van der Waals surface area (Å²) in [6.45, 7) is 2.90. The number of ether oxygens (including phenoxy) is 1. The largest absolute Gasteiger partial charge is 0.494 e. The molecule has 0 aliphatic carbocycles. The average molecular weight is 349 g/mol. The summed E-state index contributed by atoms with van der Waals surface area (Å²) in [5, 5.41) is 10.6. The van der Waals surface area contributed by atoms with Gasteiger partial charge in [-0.3, -0.25) is 10.1 Å². The van der Waals surface area contributed by atoms with Crippen LogP contribution in [-0.2, 0) is 0 Å². The minimum Gasteiger partial charge on any atom is -0.494 e. The zero-order valence-corrected chi connectivity index (χ0v) is 14.9. The van der Waals surface area contributed by atoms with Crippen molar-refractivity contribution in [3.8, 4) is 5.75 Å². The van der Waals surface area contributed by atoms with Crippen LogP contribution in [0.1, 0.15) is 30.9 Å². The number of nitro groups is 1. The van der Waals surface area contributed by atoms with Crippen molar-refractivity contribution in [2.24, 2.45) is 0 Å². The molecular formula is C22H23NO3. The average Bonchev–Trinajstić information content (AvgIpc) is 2.66. The van der Waals surface area contributed by atoms with Crippen molar-refractivity contribution >= 4 is 17.8 Å². The van der Waals surface area contributed by atoms with Crippen LogP contribution in [0.15, 0.2) is 72.8 Å². The molecule has 0 amide bonds. The third kappa shape index (κ3) is 6.77. The second-order valence-electron chi connectivity index (χ2n) is 5.72. The van der Waals surface area contributed by atoms with Crippen molar-refractivity contribution in [3.05, 3.63) is 94.1 Å². The fourth-order valence-corrected chi connectivity index (χ4v) is 2.18. The minimum absolute atomic E-state index is 0.0995. The lowest BCUT2D eigenvalue weighted by atomic mass is 10.2. The van der Waals surface area contributed by atoms with Gasteiger partial charge in [0.15, 0.2) is 0 Å². The minimum atomic E-state index is -0.401. The molecule has 4 nitrogen and oxygen atoms in total. The highest BCUT2D eigenvalue weighted by Crippen LogP contribution is 2.14. The lowest BCUT2D eigenvalue weighted by molar-refractivity contribution is -0.384. The van der Waals surface area contributed by atoms with E-state index in [1.807, 2.05) is 60.7 Å². The summed E-state index contributed by atoms with van der Waals surface area (Å²) in [6.07, 6.45) is 13.8. The van der Waals surface area contributed by atoms with Gasteiger partial charge in [-0.1, -0.05) is 61.9 Å². The molecule has 0 fully saturated rings. The Morgan fingerprint density at radius 2 is 1.42 bits per heavy atom. The quantitative estimate of drug-likeness (QED) is 0.239. The van der Waals surface area contributed by atoms with Gasteiger partial charge in [0, 0.05) is 12.1 Å². The Morgan fingerprint density at radius 3 is 1.92 bits per heavy atom. The Balaban J connectivity index is 1.80. The molecule has 0 spiro atoms. The SMILES string of the molecule is CCCCOc1ccc(C=CC=CC=Cc2ccc([N+](=O)[O-])cc2)cc1. The van der Waals surface area contributed by atoms with Gasteiger partial charge >= 0.3 is 0 Å². The van der Waals surface area contributed by atoms with Gasteiger partial charge in [0.05, 0.1) is 11.5 Å². The van der Waals surface area contributed by atoms with E-state index >= 15 is 0 Å². The van der Waals surface area contributed by atoms with Gasteiger partial charge in [-0.05, 0) is 41.8 Å². The van der Waals surface area contributed by atoms with E-state index in [0.717, 1.165) is 36.3 Å². The number of benzene rings is 2. The van der Waals surface area contributed by atoms with Crippen LogP contribution in [0.25, 0.3) is 12.2 Å². The van der Waals surface area contributed by atoms with Gasteiger partial charge in [0.2, 0.25) is 0 Å². The number of nitro benzene ring substituents is 1. The zero-order valence-electron chi connectivity index (χ0n) is 14.9. The van der Waals surface area contributed by atoms with Crippen molar-refractivity contribution in [2.45, 2.75) is 19.8 Å². The van der Waals surface area contributed by atoms with Crippen molar-refractivity contribution in [1.82, 2.24) is 0 Å². The Labute approximate surface area is 154 Å². The molecule has 0 radical (unpaired) electrons. The molecule has 0 N–H and O–H groups in total. The molecule has 2 rings (SSSR count). The molecule has 0 bridgehead atoms. The molecule has 0 atom stereocenters. The van der Waals surface area contributed by atoms with Crippen LogP contribution < -0.4 is 4.74 Å².